The van der Waals surface area contributed by atoms with Crippen molar-refractivity contribution < 1.29 is 22.6 Å². The molecule has 1 aromatic carbocycles. The molecule has 1 unspecified atom stereocenters. The number of alkyl halides is 3. The first kappa shape index (κ1) is 16.9. The van der Waals surface area contributed by atoms with Crippen LogP contribution in [0.2, 0.25) is 0 Å². The summed E-state index contributed by atoms with van der Waals surface area (Å²) in [5.74, 6) is 0. The minimum atomic E-state index is -4.29. The van der Waals surface area contributed by atoms with Crippen molar-refractivity contribution in [2.45, 2.75) is 18.6 Å². The number of halogens is 3. The van der Waals surface area contributed by atoms with Crippen LogP contribution in [-0.4, -0.2) is 34.0 Å². The van der Waals surface area contributed by atoms with E-state index >= 15 is 0 Å². The molecule has 0 fully saturated rings. The zero-order chi connectivity index (χ0) is 15.0. The molecule has 0 aromatic heterocycles. The van der Waals surface area contributed by atoms with Crippen molar-refractivity contribution in [3.63, 3.8) is 0 Å². The Hall–Kier alpha value is -1.11. The highest BCUT2D eigenvalue weighted by molar-refractivity contribution is 5.26. The predicted octanol–water partition coefficient (Wildman–Crippen LogP) is 3.02. The average Bonchev–Trinajstić information content (AvgIpc) is 2.42. The predicted molar refractivity (Wildman–Crippen MR) is 70.6 cm³/mol. The maximum atomic E-state index is 12.5. The molecule has 114 valence electrons. The average molecular weight is 291 g/mol. The van der Waals surface area contributed by atoms with Crippen molar-refractivity contribution in [3.8, 4) is 0 Å². The van der Waals surface area contributed by atoms with E-state index in [9.17, 15) is 13.2 Å². The Labute approximate surface area is 117 Å². The largest absolute Gasteiger partial charge is 0.416 e. The van der Waals surface area contributed by atoms with Gasteiger partial charge < -0.3 is 14.8 Å². The first-order chi connectivity index (χ1) is 9.49. The Morgan fingerprint density at radius 1 is 1.10 bits per heavy atom. The molecule has 1 N–H and O–H groups in total. The molecule has 6 heteroatoms. The Bertz CT molecular complexity index is 379. The first-order valence-electron chi connectivity index (χ1n) is 6.40. The van der Waals surface area contributed by atoms with E-state index in [0.717, 1.165) is 17.7 Å². The molecule has 1 atom stereocenters. The van der Waals surface area contributed by atoms with Gasteiger partial charge in [0.1, 0.15) is 0 Å². The van der Waals surface area contributed by atoms with Crippen LogP contribution in [0, 0.1) is 0 Å². The Balaban J connectivity index is 2.53. The zero-order valence-corrected chi connectivity index (χ0v) is 11.7. The van der Waals surface area contributed by atoms with E-state index < -0.39 is 11.7 Å². The van der Waals surface area contributed by atoms with Gasteiger partial charge in [-0.2, -0.15) is 13.2 Å². The molecular formula is C14H20F3NO2. The number of rotatable bonds is 8. The van der Waals surface area contributed by atoms with Gasteiger partial charge in [-0.25, -0.2) is 0 Å². The third-order valence-electron chi connectivity index (χ3n) is 2.97. The van der Waals surface area contributed by atoms with E-state index in [1.54, 1.807) is 14.2 Å². The topological polar surface area (TPSA) is 30.5 Å². The van der Waals surface area contributed by atoms with Crippen LogP contribution < -0.4 is 5.32 Å². The molecule has 0 radical (unpaired) electrons. The molecule has 0 bridgehead atoms. The number of ether oxygens (including phenoxy) is 2. The molecular weight excluding hydrogens is 271 g/mol. The van der Waals surface area contributed by atoms with Crippen LogP contribution in [0.15, 0.2) is 24.3 Å². The zero-order valence-electron chi connectivity index (χ0n) is 11.7. The fourth-order valence-corrected chi connectivity index (χ4v) is 1.83. The summed E-state index contributed by atoms with van der Waals surface area (Å²) in [6.45, 7) is 1.57. The maximum absolute atomic E-state index is 12.5. The Morgan fingerprint density at radius 3 is 2.25 bits per heavy atom. The van der Waals surface area contributed by atoms with E-state index in [0.29, 0.717) is 26.2 Å². The van der Waals surface area contributed by atoms with Gasteiger partial charge in [0.15, 0.2) is 0 Å². The van der Waals surface area contributed by atoms with Crippen molar-refractivity contribution in [2.24, 2.45) is 0 Å². The number of methoxy groups -OCH3 is 1. The summed E-state index contributed by atoms with van der Waals surface area (Å²) in [5, 5.41) is 3.07. The van der Waals surface area contributed by atoms with Gasteiger partial charge in [-0.15, -0.1) is 0 Å². The van der Waals surface area contributed by atoms with Crippen LogP contribution in [-0.2, 0) is 15.7 Å². The van der Waals surface area contributed by atoms with Crippen LogP contribution in [0.3, 0.4) is 0 Å². The molecule has 0 amide bonds. The highest BCUT2D eigenvalue weighted by atomic mass is 19.4. The lowest BCUT2D eigenvalue weighted by Gasteiger charge is -2.17. The highest BCUT2D eigenvalue weighted by Crippen LogP contribution is 2.30. The lowest BCUT2D eigenvalue weighted by atomic mass is 10.0. The number of nitrogens with one attached hydrogen (secondary N) is 1. The standard InChI is InChI=1S/C14H20F3NO2/c1-18-13(7-8-20-10-9-19-2)11-3-5-12(6-4-11)14(15,16)17/h3-6,13,18H,7-10H2,1-2H3. The molecule has 0 saturated heterocycles. The molecule has 0 aliphatic rings. The summed E-state index contributed by atoms with van der Waals surface area (Å²) >= 11 is 0. The van der Waals surface area contributed by atoms with E-state index in [4.69, 9.17) is 9.47 Å². The van der Waals surface area contributed by atoms with Crippen molar-refractivity contribution in [1.82, 2.24) is 5.32 Å². The monoisotopic (exact) mass is 291 g/mol. The summed E-state index contributed by atoms with van der Waals surface area (Å²) in [6.07, 6.45) is -3.61. The Morgan fingerprint density at radius 2 is 1.75 bits per heavy atom. The molecule has 1 aromatic rings. The smallest absolute Gasteiger partial charge is 0.382 e. The first-order valence-corrected chi connectivity index (χ1v) is 6.40. The quantitative estimate of drug-likeness (QED) is 0.747. The van der Waals surface area contributed by atoms with Crippen LogP contribution in [0.25, 0.3) is 0 Å². The molecule has 1 rings (SSSR count). The van der Waals surface area contributed by atoms with Crippen LogP contribution in [0.5, 0.6) is 0 Å². The summed E-state index contributed by atoms with van der Waals surface area (Å²) in [6, 6.07) is 5.18. The van der Waals surface area contributed by atoms with E-state index in [2.05, 4.69) is 5.32 Å². The third kappa shape index (κ3) is 5.48. The van der Waals surface area contributed by atoms with E-state index in [1.807, 2.05) is 0 Å². The highest BCUT2D eigenvalue weighted by Gasteiger charge is 2.30. The summed E-state index contributed by atoms with van der Waals surface area (Å²) < 4.78 is 47.6. The molecule has 0 saturated carbocycles. The fourth-order valence-electron chi connectivity index (χ4n) is 1.83. The van der Waals surface area contributed by atoms with Crippen molar-refractivity contribution in [1.29, 1.82) is 0 Å². The van der Waals surface area contributed by atoms with Crippen molar-refractivity contribution in [3.05, 3.63) is 35.4 Å². The van der Waals surface area contributed by atoms with E-state index in [1.165, 1.54) is 12.1 Å². The van der Waals surface area contributed by atoms with Gasteiger partial charge in [-0.3, -0.25) is 0 Å². The van der Waals surface area contributed by atoms with Gasteiger partial charge in [-0.1, -0.05) is 12.1 Å². The van der Waals surface area contributed by atoms with Gasteiger partial charge in [0.2, 0.25) is 0 Å². The lowest BCUT2D eigenvalue weighted by molar-refractivity contribution is -0.137. The molecule has 0 spiro atoms. The van der Waals surface area contributed by atoms with Gasteiger partial charge in [-0.05, 0) is 31.2 Å². The molecule has 0 heterocycles. The molecule has 20 heavy (non-hydrogen) atoms. The number of benzene rings is 1. The van der Waals surface area contributed by atoms with Crippen molar-refractivity contribution in [2.75, 3.05) is 34.0 Å². The van der Waals surface area contributed by atoms with Gasteiger partial charge >= 0.3 is 6.18 Å². The van der Waals surface area contributed by atoms with Crippen LogP contribution >= 0.6 is 0 Å². The molecule has 0 aliphatic heterocycles. The maximum Gasteiger partial charge on any atom is 0.416 e. The summed E-state index contributed by atoms with van der Waals surface area (Å²) in [4.78, 5) is 0. The molecule has 3 nitrogen and oxygen atoms in total. The third-order valence-corrected chi connectivity index (χ3v) is 2.97. The summed E-state index contributed by atoms with van der Waals surface area (Å²) in [5.41, 5.74) is 0.184. The number of hydrogen-bond acceptors (Lipinski definition) is 3. The minimum Gasteiger partial charge on any atom is -0.382 e. The van der Waals surface area contributed by atoms with Gasteiger partial charge in [0, 0.05) is 19.8 Å². The second-order valence-corrected chi connectivity index (χ2v) is 4.35. The van der Waals surface area contributed by atoms with Gasteiger partial charge in [0.25, 0.3) is 0 Å². The minimum absolute atomic E-state index is 0.0279. The second kappa shape index (κ2) is 8.24. The SMILES string of the molecule is CNC(CCOCCOC)c1ccc(C(F)(F)F)cc1. The Kier molecular flexibility index (Phi) is 6.98. The second-order valence-electron chi connectivity index (χ2n) is 4.35. The van der Waals surface area contributed by atoms with Gasteiger partial charge in [0.05, 0.1) is 18.8 Å². The number of hydrogen-bond donors (Lipinski definition) is 1. The molecule has 0 aliphatic carbocycles. The summed E-state index contributed by atoms with van der Waals surface area (Å²) in [7, 11) is 3.37. The van der Waals surface area contributed by atoms with Crippen molar-refractivity contribution >= 4 is 0 Å². The van der Waals surface area contributed by atoms with E-state index in [-0.39, 0.29) is 6.04 Å². The lowest BCUT2D eigenvalue weighted by Crippen LogP contribution is -2.19. The van der Waals surface area contributed by atoms with Crippen LogP contribution in [0.4, 0.5) is 13.2 Å². The fraction of sp³-hybridized carbons (Fsp3) is 0.571. The normalized spacial score (nSPS) is 13.4. The van der Waals surface area contributed by atoms with Crippen LogP contribution in [0.1, 0.15) is 23.6 Å².